The van der Waals surface area contributed by atoms with Gasteiger partial charge >= 0.3 is 5.97 Å². The number of para-hydroxylation sites is 1. The fourth-order valence-corrected chi connectivity index (χ4v) is 1.90. The summed E-state index contributed by atoms with van der Waals surface area (Å²) >= 11 is 0. The van der Waals surface area contributed by atoms with Gasteiger partial charge in [0.25, 0.3) is 0 Å². The molecule has 1 aromatic heterocycles. The zero-order valence-corrected chi connectivity index (χ0v) is 11.5. The summed E-state index contributed by atoms with van der Waals surface area (Å²) in [5.74, 6) is 0.769. The molecule has 0 bridgehead atoms. The number of hydrogen-bond acceptors (Lipinski definition) is 5. The van der Waals surface area contributed by atoms with E-state index in [1.165, 1.54) is 7.11 Å². The van der Waals surface area contributed by atoms with Crippen molar-refractivity contribution in [1.29, 1.82) is 0 Å². The van der Waals surface area contributed by atoms with Crippen LogP contribution in [-0.4, -0.2) is 29.2 Å². The number of aromatic nitrogens is 2. The maximum Gasteiger partial charge on any atom is 0.342 e. The first-order valence-electron chi connectivity index (χ1n) is 6.21. The number of aryl methyl sites for hydroxylation is 1. The number of carbonyl (C=O) groups excluding carboxylic acids is 1. The monoisotopic (exact) mass is 275 g/mol. The van der Waals surface area contributed by atoms with E-state index in [0.29, 0.717) is 23.5 Å². The van der Waals surface area contributed by atoms with Crippen molar-refractivity contribution >= 4 is 11.7 Å². The summed E-state index contributed by atoms with van der Waals surface area (Å²) in [4.78, 5) is 16.1. The van der Waals surface area contributed by atoms with Crippen LogP contribution in [-0.2, 0) is 11.3 Å². The molecule has 0 aliphatic carbocycles. The number of imidazole rings is 1. The maximum absolute atomic E-state index is 12.0. The summed E-state index contributed by atoms with van der Waals surface area (Å²) < 4.78 is 12.3. The molecule has 2 rings (SSSR count). The number of rotatable bonds is 5. The van der Waals surface area contributed by atoms with Gasteiger partial charge in [-0.1, -0.05) is 6.07 Å². The Balaban J connectivity index is 1.99. The molecule has 0 atom stereocenters. The molecule has 0 radical (unpaired) electrons. The van der Waals surface area contributed by atoms with Crippen LogP contribution in [0.25, 0.3) is 0 Å². The van der Waals surface area contributed by atoms with Crippen molar-refractivity contribution in [2.75, 3.05) is 19.5 Å². The van der Waals surface area contributed by atoms with Gasteiger partial charge in [-0.05, 0) is 19.1 Å². The molecule has 0 unspecified atom stereocenters. The molecule has 1 heterocycles. The van der Waals surface area contributed by atoms with Crippen LogP contribution in [0.15, 0.2) is 30.6 Å². The number of anilines is 1. The molecule has 0 fully saturated rings. The third-order valence-electron chi connectivity index (χ3n) is 2.96. The molecule has 0 saturated carbocycles. The van der Waals surface area contributed by atoms with Gasteiger partial charge in [0.05, 0.1) is 19.3 Å². The lowest BCUT2D eigenvalue weighted by Crippen LogP contribution is -2.13. The van der Waals surface area contributed by atoms with Crippen LogP contribution in [0.2, 0.25) is 0 Å². The van der Waals surface area contributed by atoms with E-state index >= 15 is 0 Å². The van der Waals surface area contributed by atoms with Crippen molar-refractivity contribution in [3.05, 3.63) is 42.0 Å². The van der Waals surface area contributed by atoms with E-state index in [1.807, 2.05) is 17.7 Å². The first kappa shape index (κ1) is 13.9. The largest absolute Gasteiger partial charge is 0.494 e. The second kappa shape index (κ2) is 6.10. The van der Waals surface area contributed by atoms with Gasteiger partial charge in [-0.2, -0.15) is 0 Å². The number of hydrogen-bond donors (Lipinski definition) is 1. The molecule has 6 nitrogen and oxygen atoms in total. The number of nitrogen functional groups attached to an aromatic ring is 1. The van der Waals surface area contributed by atoms with Crippen LogP contribution in [0.4, 0.5) is 5.69 Å². The molecule has 0 amide bonds. The van der Waals surface area contributed by atoms with E-state index in [4.69, 9.17) is 15.2 Å². The standard InChI is InChI=1S/C14H17N3O3/c1-10-16-6-7-17(10)8-9-20-14(18)11-4-3-5-12(15)13(11)19-2/h3-7H,8-9,15H2,1-2H3. The van der Waals surface area contributed by atoms with Crippen molar-refractivity contribution in [1.82, 2.24) is 9.55 Å². The Morgan fingerprint density at radius 1 is 1.45 bits per heavy atom. The predicted octanol–water partition coefficient (Wildman–Crippen LogP) is 1.64. The fraction of sp³-hybridized carbons (Fsp3) is 0.286. The van der Waals surface area contributed by atoms with Crippen molar-refractivity contribution in [2.24, 2.45) is 0 Å². The summed E-state index contributed by atoms with van der Waals surface area (Å²) in [7, 11) is 1.47. The predicted molar refractivity (Wildman–Crippen MR) is 74.7 cm³/mol. The number of esters is 1. The molecule has 0 saturated heterocycles. The first-order valence-corrected chi connectivity index (χ1v) is 6.21. The van der Waals surface area contributed by atoms with Gasteiger partial charge in [0.1, 0.15) is 18.0 Å². The third kappa shape index (κ3) is 2.90. The van der Waals surface area contributed by atoms with Gasteiger partial charge in [-0.25, -0.2) is 9.78 Å². The molecule has 0 spiro atoms. The van der Waals surface area contributed by atoms with Gasteiger partial charge in [0, 0.05) is 12.4 Å². The molecule has 1 aromatic carbocycles. The number of ether oxygens (including phenoxy) is 2. The lowest BCUT2D eigenvalue weighted by atomic mass is 10.2. The number of nitrogens with zero attached hydrogens (tertiary/aromatic N) is 2. The van der Waals surface area contributed by atoms with Crippen molar-refractivity contribution in [2.45, 2.75) is 13.5 Å². The zero-order valence-electron chi connectivity index (χ0n) is 11.5. The molecule has 0 aliphatic rings. The van der Waals surface area contributed by atoms with Crippen LogP contribution in [0.1, 0.15) is 16.2 Å². The SMILES string of the molecule is COc1c(N)cccc1C(=O)OCCn1ccnc1C. The van der Waals surface area contributed by atoms with E-state index < -0.39 is 5.97 Å². The maximum atomic E-state index is 12.0. The van der Waals surface area contributed by atoms with E-state index in [1.54, 1.807) is 24.4 Å². The first-order chi connectivity index (χ1) is 9.63. The Bertz CT molecular complexity index is 607. The molecule has 6 heteroatoms. The molecular formula is C14H17N3O3. The van der Waals surface area contributed by atoms with Gasteiger partial charge in [-0.15, -0.1) is 0 Å². The number of methoxy groups -OCH3 is 1. The second-order valence-corrected chi connectivity index (χ2v) is 4.23. The van der Waals surface area contributed by atoms with Crippen LogP contribution < -0.4 is 10.5 Å². The van der Waals surface area contributed by atoms with Gasteiger partial charge < -0.3 is 19.8 Å². The van der Waals surface area contributed by atoms with E-state index in [0.717, 1.165) is 5.82 Å². The summed E-state index contributed by atoms with van der Waals surface area (Å²) in [5.41, 5.74) is 6.49. The van der Waals surface area contributed by atoms with E-state index in [2.05, 4.69) is 4.98 Å². The highest BCUT2D eigenvalue weighted by molar-refractivity contribution is 5.94. The Labute approximate surface area is 117 Å². The minimum Gasteiger partial charge on any atom is -0.494 e. The van der Waals surface area contributed by atoms with Gasteiger partial charge in [-0.3, -0.25) is 0 Å². The lowest BCUT2D eigenvalue weighted by Gasteiger charge is -2.11. The zero-order chi connectivity index (χ0) is 14.5. The summed E-state index contributed by atoms with van der Waals surface area (Å²) in [6.07, 6.45) is 3.54. The number of nitrogens with two attached hydrogens (primary N) is 1. The van der Waals surface area contributed by atoms with E-state index in [9.17, 15) is 4.79 Å². The highest BCUT2D eigenvalue weighted by Crippen LogP contribution is 2.26. The van der Waals surface area contributed by atoms with Crippen LogP contribution in [0, 0.1) is 6.92 Å². The van der Waals surface area contributed by atoms with Crippen molar-refractivity contribution in [3.8, 4) is 5.75 Å². The van der Waals surface area contributed by atoms with Crippen molar-refractivity contribution in [3.63, 3.8) is 0 Å². The Hall–Kier alpha value is -2.50. The van der Waals surface area contributed by atoms with Crippen LogP contribution >= 0.6 is 0 Å². The van der Waals surface area contributed by atoms with Crippen LogP contribution in [0.5, 0.6) is 5.75 Å². The molecule has 106 valence electrons. The lowest BCUT2D eigenvalue weighted by molar-refractivity contribution is 0.0487. The molecule has 0 aliphatic heterocycles. The highest BCUT2D eigenvalue weighted by atomic mass is 16.5. The number of benzene rings is 1. The average Bonchev–Trinajstić information content (AvgIpc) is 2.84. The number of carbonyl (C=O) groups is 1. The van der Waals surface area contributed by atoms with E-state index in [-0.39, 0.29) is 6.61 Å². The average molecular weight is 275 g/mol. The molecule has 20 heavy (non-hydrogen) atoms. The highest BCUT2D eigenvalue weighted by Gasteiger charge is 2.15. The van der Waals surface area contributed by atoms with Gasteiger partial charge in [0.2, 0.25) is 0 Å². The minimum atomic E-state index is -0.452. The minimum absolute atomic E-state index is 0.258. The quantitative estimate of drug-likeness (QED) is 0.663. The summed E-state index contributed by atoms with van der Waals surface area (Å²) in [6, 6.07) is 4.99. The Morgan fingerprint density at radius 3 is 2.90 bits per heavy atom. The summed E-state index contributed by atoms with van der Waals surface area (Å²) in [6.45, 7) is 2.71. The molecule has 2 N–H and O–H groups in total. The molecular weight excluding hydrogens is 258 g/mol. The van der Waals surface area contributed by atoms with Gasteiger partial charge in [0.15, 0.2) is 5.75 Å². The topological polar surface area (TPSA) is 79.4 Å². The fourth-order valence-electron chi connectivity index (χ4n) is 1.90. The Kier molecular flexibility index (Phi) is 4.24. The normalized spacial score (nSPS) is 10.3. The second-order valence-electron chi connectivity index (χ2n) is 4.23. The smallest absolute Gasteiger partial charge is 0.342 e. The third-order valence-corrected chi connectivity index (χ3v) is 2.96. The molecule has 2 aromatic rings. The van der Waals surface area contributed by atoms with Crippen LogP contribution in [0.3, 0.4) is 0 Å². The Morgan fingerprint density at radius 2 is 2.25 bits per heavy atom. The van der Waals surface area contributed by atoms with Crippen molar-refractivity contribution < 1.29 is 14.3 Å². The summed E-state index contributed by atoms with van der Waals surface area (Å²) in [5, 5.41) is 0.